The second-order valence-corrected chi connectivity index (χ2v) is 5.00. The van der Waals surface area contributed by atoms with Crippen molar-refractivity contribution in [2.24, 2.45) is 0 Å². The van der Waals surface area contributed by atoms with E-state index >= 15 is 0 Å². The van der Waals surface area contributed by atoms with Gasteiger partial charge in [0.05, 0.1) is 4.92 Å². The van der Waals surface area contributed by atoms with Crippen LogP contribution in [0.2, 0.25) is 5.15 Å². The first-order chi connectivity index (χ1) is 8.50. The molecule has 0 aliphatic rings. The van der Waals surface area contributed by atoms with E-state index in [1.54, 1.807) is 6.08 Å². The molecule has 0 aliphatic carbocycles. The molecule has 1 rings (SSSR count). The van der Waals surface area contributed by atoms with Crippen LogP contribution in [0.25, 0.3) is 6.08 Å². The molecule has 0 saturated heterocycles. The predicted octanol–water partition coefficient (Wildman–Crippen LogP) is 3.33. The number of carbonyl (C=O) groups is 1. The highest BCUT2D eigenvalue weighted by atomic mass is 35.5. The molecule has 5 nitrogen and oxygen atoms in total. The number of thioether (sulfide) groups is 1. The summed E-state index contributed by atoms with van der Waals surface area (Å²) in [6.45, 7) is 1.51. The Kier molecular flexibility index (Phi) is 5.80. The summed E-state index contributed by atoms with van der Waals surface area (Å²) in [5.41, 5.74) is 0.399. The third-order valence-electron chi connectivity index (χ3n) is 1.94. The number of rotatable bonds is 5. The fourth-order valence-electron chi connectivity index (χ4n) is 1.16. The van der Waals surface area contributed by atoms with Crippen LogP contribution in [-0.4, -0.2) is 20.8 Å². The smallest absolute Gasteiger partial charge is 0.288 e. The van der Waals surface area contributed by atoms with Crippen LogP contribution in [0.15, 0.2) is 18.3 Å². The van der Waals surface area contributed by atoms with Crippen LogP contribution < -0.4 is 0 Å². The number of aromatic nitrogens is 1. The van der Waals surface area contributed by atoms with Gasteiger partial charge in [-0.2, -0.15) is 0 Å². The quantitative estimate of drug-likeness (QED) is 0.359. The first-order valence-corrected chi connectivity index (χ1v) is 6.47. The van der Waals surface area contributed by atoms with E-state index in [1.165, 1.54) is 30.9 Å². The lowest BCUT2D eigenvalue weighted by molar-refractivity contribution is -0.385. The third-order valence-corrected chi connectivity index (χ3v) is 3.08. The minimum absolute atomic E-state index is 0.0761. The van der Waals surface area contributed by atoms with Crippen LogP contribution in [0.3, 0.4) is 0 Å². The maximum absolute atomic E-state index is 10.7. The van der Waals surface area contributed by atoms with E-state index in [9.17, 15) is 14.9 Å². The molecule has 0 spiro atoms. The van der Waals surface area contributed by atoms with E-state index in [-0.39, 0.29) is 16.0 Å². The van der Waals surface area contributed by atoms with Crippen molar-refractivity contribution in [1.29, 1.82) is 0 Å². The summed E-state index contributed by atoms with van der Waals surface area (Å²) in [6.07, 6.45) is 5.73. The molecule has 0 aliphatic heterocycles. The Bertz CT molecular complexity index is 491. The zero-order chi connectivity index (χ0) is 13.5. The Hall–Kier alpha value is -1.40. The molecule has 1 heterocycles. The molecular formula is C11H11ClN2O3S. The maximum atomic E-state index is 10.7. The van der Waals surface area contributed by atoms with Gasteiger partial charge in [-0.15, -0.1) is 0 Å². The molecule has 0 radical (unpaired) electrons. The van der Waals surface area contributed by atoms with Gasteiger partial charge < -0.3 is 0 Å². The molecule has 96 valence electrons. The molecule has 0 fully saturated rings. The Morgan fingerprint density at radius 3 is 3.00 bits per heavy atom. The molecule has 0 saturated carbocycles. The lowest BCUT2D eigenvalue weighted by Crippen LogP contribution is -1.92. The van der Waals surface area contributed by atoms with E-state index in [0.29, 0.717) is 17.7 Å². The minimum atomic E-state index is -0.571. The van der Waals surface area contributed by atoms with E-state index < -0.39 is 4.92 Å². The summed E-state index contributed by atoms with van der Waals surface area (Å²) in [6, 6.07) is 1.37. The maximum Gasteiger partial charge on any atom is 0.307 e. The molecule has 1 aromatic heterocycles. The fourth-order valence-corrected chi connectivity index (χ4v) is 1.88. The topological polar surface area (TPSA) is 73.1 Å². The van der Waals surface area contributed by atoms with E-state index in [1.807, 2.05) is 6.08 Å². The number of nitro groups is 1. The van der Waals surface area contributed by atoms with Crippen molar-refractivity contribution in [1.82, 2.24) is 4.98 Å². The number of nitrogens with zero attached hydrogens (tertiary/aromatic N) is 2. The van der Waals surface area contributed by atoms with Crippen LogP contribution in [0.1, 0.15) is 18.9 Å². The van der Waals surface area contributed by atoms with Gasteiger partial charge in [0.25, 0.3) is 0 Å². The van der Waals surface area contributed by atoms with Gasteiger partial charge in [-0.25, -0.2) is 4.98 Å². The third kappa shape index (κ3) is 4.85. The molecule has 7 heteroatoms. The summed E-state index contributed by atoms with van der Waals surface area (Å²) in [4.78, 5) is 24.5. The van der Waals surface area contributed by atoms with Crippen molar-refractivity contribution in [2.45, 2.75) is 13.3 Å². The Morgan fingerprint density at radius 1 is 1.67 bits per heavy atom. The number of halogens is 1. The molecule has 18 heavy (non-hydrogen) atoms. The normalized spacial score (nSPS) is 10.8. The van der Waals surface area contributed by atoms with Crippen LogP contribution >= 0.6 is 23.4 Å². The van der Waals surface area contributed by atoms with Crippen LogP contribution in [0.4, 0.5) is 5.69 Å². The number of hydrogen-bond acceptors (Lipinski definition) is 5. The van der Waals surface area contributed by atoms with Crippen molar-refractivity contribution < 1.29 is 9.72 Å². The Morgan fingerprint density at radius 2 is 2.39 bits per heavy atom. The van der Waals surface area contributed by atoms with E-state index in [4.69, 9.17) is 11.6 Å². The monoisotopic (exact) mass is 286 g/mol. The number of hydrogen-bond donors (Lipinski definition) is 0. The number of carbonyl (C=O) groups excluding carboxylic acids is 1. The van der Waals surface area contributed by atoms with Crippen LogP contribution in [0.5, 0.6) is 0 Å². The van der Waals surface area contributed by atoms with E-state index in [2.05, 4.69) is 4.98 Å². The summed E-state index contributed by atoms with van der Waals surface area (Å²) in [5, 5.41) is 10.6. The molecular weight excluding hydrogens is 276 g/mol. The summed E-state index contributed by atoms with van der Waals surface area (Å²) in [7, 11) is 0. The van der Waals surface area contributed by atoms with Gasteiger partial charge in [-0.1, -0.05) is 35.5 Å². The van der Waals surface area contributed by atoms with Crippen molar-refractivity contribution in [3.63, 3.8) is 0 Å². The molecule has 0 aromatic carbocycles. The highest BCUT2D eigenvalue weighted by Gasteiger charge is 2.13. The highest BCUT2D eigenvalue weighted by Crippen LogP contribution is 2.22. The zero-order valence-corrected chi connectivity index (χ0v) is 11.2. The molecule has 0 N–H and O–H groups in total. The van der Waals surface area contributed by atoms with Crippen molar-refractivity contribution in [2.75, 3.05) is 5.75 Å². The average molecular weight is 287 g/mol. The Balaban J connectivity index is 2.62. The zero-order valence-electron chi connectivity index (χ0n) is 9.63. The molecule has 0 bridgehead atoms. The largest absolute Gasteiger partial charge is 0.307 e. The second-order valence-electron chi connectivity index (χ2n) is 3.37. The minimum Gasteiger partial charge on any atom is -0.288 e. The van der Waals surface area contributed by atoms with Gasteiger partial charge in [0.2, 0.25) is 5.15 Å². The summed E-state index contributed by atoms with van der Waals surface area (Å²) >= 11 is 6.83. The molecule has 0 unspecified atom stereocenters. The molecule has 0 atom stereocenters. The van der Waals surface area contributed by atoms with Gasteiger partial charge >= 0.3 is 5.69 Å². The first kappa shape index (κ1) is 14.7. The van der Waals surface area contributed by atoms with Crippen molar-refractivity contribution in [3.8, 4) is 0 Å². The number of pyridine rings is 1. The first-order valence-electron chi connectivity index (χ1n) is 5.10. The molecule has 1 aromatic rings. The van der Waals surface area contributed by atoms with Crippen molar-refractivity contribution >= 4 is 40.2 Å². The van der Waals surface area contributed by atoms with E-state index in [0.717, 1.165) is 0 Å². The van der Waals surface area contributed by atoms with Gasteiger partial charge in [-0.05, 0) is 12.0 Å². The molecule has 0 amide bonds. The standard InChI is InChI=1S/C11H11ClN2O3S/c1-8(15)18-5-3-2-4-9-6-10(14(16)17)11(12)13-7-9/h2,4,6-7H,3,5H2,1H3. The predicted molar refractivity (Wildman–Crippen MR) is 72.7 cm³/mol. The SMILES string of the molecule is CC(=O)SCCC=Cc1cnc(Cl)c([N+](=O)[O-])c1. The van der Waals surface area contributed by atoms with Gasteiger partial charge in [0.15, 0.2) is 5.12 Å². The highest BCUT2D eigenvalue weighted by molar-refractivity contribution is 8.13. The fraction of sp³-hybridized carbons (Fsp3) is 0.273. The average Bonchev–Trinajstić information content (AvgIpc) is 2.30. The van der Waals surface area contributed by atoms with Gasteiger partial charge in [-0.3, -0.25) is 14.9 Å². The van der Waals surface area contributed by atoms with Crippen molar-refractivity contribution in [3.05, 3.63) is 39.2 Å². The van der Waals surface area contributed by atoms with Crippen LogP contribution in [-0.2, 0) is 4.79 Å². The van der Waals surface area contributed by atoms with Gasteiger partial charge in [0, 0.05) is 24.9 Å². The summed E-state index contributed by atoms with van der Waals surface area (Å²) < 4.78 is 0. The Labute approximate surface area is 113 Å². The lowest BCUT2D eigenvalue weighted by Gasteiger charge is -1.96. The van der Waals surface area contributed by atoms with Gasteiger partial charge in [0.1, 0.15) is 0 Å². The van der Waals surface area contributed by atoms with Crippen LogP contribution in [0, 0.1) is 10.1 Å². The lowest BCUT2D eigenvalue weighted by atomic mass is 10.2. The second kappa shape index (κ2) is 7.13. The summed E-state index contributed by atoms with van der Waals surface area (Å²) in [5.74, 6) is 0.689. The number of allylic oxidation sites excluding steroid dienone is 1.